The molecule has 0 bridgehead atoms. The Hall–Kier alpha value is -2.15. The molecule has 0 aromatic heterocycles. The third kappa shape index (κ3) is 2.58. The van der Waals surface area contributed by atoms with E-state index in [1.54, 1.807) is 20.8 Å². The third-order valence-corrected chi connectivity index (χ3v) is 8.82. The predicted octanol–water partition coefficient (Wildman–Crippen LogP) is 2.67. The minimum Gasteiger partial charge on any atom is -0.458 e. The summed E-state index contributed by atoms with van der Waals surface area (Å²) >= 11 is 0. The summed E-state index contributed by atoms with van der Waals surface area (Å²) in [6.45, 7) is 5.70. The van der Waals surface area contributed by atoms with Gasteiger partial charge in [0.1, 0.15) is 5.60 Å². The Morgan fingerprint density at radius 3 is 2.58 bits per heavy atom. The average molecular weight is 432 g/mol. The van der Waals surface area contributed by atoms with E-state index in [0.29, 0.717) is 24.8 Å². The van der Waals surface area contributed by atoms with Gasteiger partial charge in [0.15, 0.2) is 23.8 Å². The molecule has 0 heterocycles. The highest BCUT2D eigenvalue weighted by molar-refractivity contribution is 6.03. The van der Waals surface area contributed by atoms with E-state index in [1.165, 1.54) is 25.2 Å². The van der Waals surface area contributed by atoms with Gasteiger partial charge in [-0.05, 0) is 50.2 Å². The number of alkyl halides is 1. The first kappa shape index (κ1) is 22.1. The van der Waals surface area contributed by atoms with Crippen LogP contribution < -0.4 is 0 Å². The number of halogens is 1. The van der Waals surface area contributed by atoms with Crippen molar-refractivity contribution in [2.24, 2.45) is 28.6 Å². The van der Waals surface area contributed by atoms with Gasteiger partial charge in [-0.15, -0.1) is 0 Å². The summed E-state index contributed by atoms with van der Waals surface area (Å²) in [5.41, 5.74) is -5.84. The lowest BCUT2D eigenvalue weighted by Crippen LogP contribution is -2.68. The van der Waals surface area contributed by atoms with Crippen LogP contribution >= 0.6 is 0 Å². The van der Waals surface area contributed by atoms with E-state index in [4.69, 9.17) is 4.74 Å². The molecule has 4 aliphatic rings. The van der Waals surface area contributed by atoms with Crippen molar-refractivity contribution in [2.45, 2.75) is 64.6 Å². The lowest BCUT2D eigenvalue weighted by Gasteiger charge is -2.59. The van der Waals surface area contributed by atoms with Gasteiger partial charge in [-0.3, -0.25) is 19.2 Å². The van der Waals surface area contributed by atoms with Gasteiger partial charge in [0.05, 0.1) is 0 Å². The molecule has 0 amide bonds. The van der Waals surface area contributed by atoms with Gasteiger partial charge in [-0.2, -0.15) is 0 Å². The lowest BCUT2D eigenvalue weighted by molar-refractivity contribution is -0.188. The summed E-state index contributed by atoms with van der Waals surface area (Å²) in [5.74, 6) is -3.74. The molecule has 3 saturated carbocycles. The fraction of sp³-hybridized carbons (Fsp3) is 0.667. The molecule has 6 nitrogen and oxygen atoms in total. The van der Waals surface area contributed by atoms with Crippen LogP contribution in [-0.4, -0.2) is 46.3 Å². The fourth-order valence-electron chi connectivity index (χ4n) is 7.15. The molecule has 3 fully saturated rings. The second kappa shape index (κ2) is 6.67. The summed E-state index contributed by atoms with van der Waals surface area (Å²) in [7, 11) is 0. The number of fused-ring (bicyclic) bond motifs is 5. The van der Waals surface area contributed by atoms with Crippen molar-refractivity contribution in [1.82, 2.24) is 0 Å². The maximum atomic E-state index is 16.9. The van der Waals surface area contributed by atoms with Crippen LogP contribution in [0.15, 0.2) is 23.8 Å². The van der Waals surface area contributed by atoms with Crippen LogP contribution in [0, 0.1) is 28.6 Å². The van der Waals surface area contributed by atoms with Crippen molar-refractivity contribution in [3.63, 3.8) is 0 Å². The van der Waals surface area contributed by atoms with Crippen molar-refractivity contribution in [3.05, 3.63) is 23.8 Å². The zero-order chi connectivity index (χ0) is 23.0. The molecule has 7 atom stereocenters. The van der Waals surface area contributed by atoms with E-state index in [2.05, 4.69) is 0 Å². The number of ketones is 3. The van der Waals surface area contributed by atoms with Crippen LogP contribution in [0.1, 0.15) is 53.4 Å². The summed E-state index contributed by atoms with van der Waals surface area (Å²) < 4.78 is 21.8. The Morgan fingerprint density at radius 2 is 1.94 bits per heavy atom. The minimum absolute atomic E-state index is 0.206. The van der Waals surface area contributed by atoms with Gasteiger partial charge < -0.3 is 9.84 Å². The van der Waals surface area contributed by atoms with Crippen LogP contribution in [0.2, 0.25) is 0 Å². The molecule has 0 aliphatic heterocycles. The van der Waals surface area contributed by atoms with E-state index in [0.717, 1.165) is 0 Å². The summed E-state index contributed by atoms with van der Waals surface area (Å²) in [6, 6.07) is 0. The number of carbonyl (C=O) groups is 4. The molecule has 1 unspecified atom stereocenters. The number of hydrogen-bond acceptors (Lipinski definition) is 6. The minimum atomic E-state index is -2.21. The predicted molar refractivity (Wildman–Crippen MR) is 108 cm³/mol. The molecule has 31 heavy (non-hydrogen) atoms. The Balaban J connectivity index is 1.77. The van der Waals surface area contributed by atoms with Gasteiger partial charge in [-0.25, -0.2) is 4.39 Å². The molecule has 0 aromatic carbocycles. The van der Waals surface area contributed by atoms with E-state index in [1.807, 2.05) is 0 Å². The maximum Gasteiger partial charge on any atom is 0.303 e. The Bertz CT molecular complexity index is 952. The highest BCUT2D eigenvalue weighted by Crippen LogP contribution is 2.69. The molecule has 0 saturated heterocycles. The highest BCUT2D eigenvalue weighted by Gasteiger charge is 2.75. The van der Waals surface area contributed by atoms with Crippen molar-refractivity contribution in [2.75, 3.05) is 6.61 Å². The summed E-state index contributed by atoms with van der Waals surface area (Å²) in [5, 5.41) is 11.6. The van der Waals surface area contributed by atoms with E-state index < -0.39 is 64.0 Å². The lowest BCUT2D eigenvalue weighted by atomic mass is 9.45. The normalized spacial score (nSPS) is 46.0. The number of rotatable bonds is 3. The Kier molecular flexibility index (Phi) is 4.75. The van der Waals surface area contributed by atoms with E-state index in [-0.39, 0.29) is 12.2 Å². The largest absolute Gasteiger partial charge is 0.458 e. The van der Waals surface area contributed by atoms with Crippen molar-refractivity contribution >= 4 is 23.3 Å². The van der Waals surface area contributed by atoms with Crippen LogP contribution in [-0.2, 0) is 23.9 Å². The van der Waals surface area contributed by atoms with E-state index in [9.17, 15) is 24.3 Å². The quantitative estimate of drug-likeness (QED) is 0.689. The van der Waals surface area contributed by atoms with Crippen LogP contribution in [0.4, 0.5) is 4.39 Å². The highest BCUT2D eigenvalue weighted by atomic mass is 19.1. The van der Waals surface area contributed by atoms with Gasteiger partial charge in [0, 0.05) is 30.1 Å². The molecular weight excluding hydrogens is 403 g/mol. The molecule has 4 rings (SSSR count). The monoisotopic (exact) mass is 432 g/mol. The molecule has 4 aliphatic carbocycles. The zero-order valence-corrected chi connectivity index (χ0v) is 18.4. The Labute approximate surface area is 180 Å². The zero-order valence-electron chi connectivity index (χ0n) is 18.4. The van der Waals surface area contributed by atoms with Gasteiger partial charge in [0.2, 0.25) is 5.78 Å². The first-order valence-corrected chi connectivity index (χ1v) is 10.9. The number of Topliss-reactive ketones (excluding diaryl/α,β-unsaturated/α-hetero) is 2. The number of esters is 1. The van der Waals surface area contributed by atoms with Gasteiger partial charge in [0.25, 0.3) is 0 Å². The van der Waals surface area contributed by atoms with Crippen molar-refractivity contribution < 1.29 is 33.4 Å². The van der Waals surface area contributed by atoms with Crippen molar-refractivity contribution in [3.8, 4) is 0 Å². The second-order valence-corrected chi connectivity index (χ2v) is 10.2. The fourth-order valence-corrected chi connectivity index (χ4v) is 7.15. The summed E-state index contributed by atoms with van der Waals surface area (Å²) in [6.07, 6.45) is 5.23. The van der Waals surface area contributed by atoms with Crippen molar-refractivity contribution in [1.29, 1.82) is 0 Å². The van der Waals surface area contributed by atoms with Crippen LogP contribution in [0.5, 0.6) is 0 Å². The maximum absolute atomic E-state index is 16.9. The van der Waals surface area contributed by atoms with E-state index >= 15 is 4.39 Å². The average Bonchev–Trinajstić information content (AvgIpc) is 2.89. The first-order chi connectivity index (χ1) is 14.3. The van der Waals surface area contributed by atoms with Crippen LogP contribution in [0.25, 0.3) is 0 Å². The Morgan fingerprint density at radius 1 is 1.26 bits per heavy atom. The third-order valence-electron chi connectivity index (χ3n) is 8.82. The smallest absolute Gasteiger partial charge is 0.303 e. The molecule has 7 heteroatoms. The van der Waals surface area contributed by atoms with Gasteiger partial charge in [-0.1, -0.05) is 25.5 Å². The number of carbonyl (C=O) groups excluding carboxylic acids is 4. The number of ether oxygens (including phenoxy) is 1. The molecule has 0 radical (unpaired) electrons. The number of aliphatic hydroxyl groups is 1. The standard InChI is InChI=1S/C24H29FO6/c1-13-9-18-17-6-5-15-10-16(27)7-8-21(15,3)23(17,25)19(28)11-22(18,4)24(13,30)20(29)12-31-14(2)26/h7-8,10,13,17-18,30H,5-6,9,11-12H2,1-4H3/t13?,17-,18-,21-,22-,23-,24-/m0/s1. The molecule has 168 valence electrons. The SMILES string of the molecule is CC(=O)OCC(=O)[C@@]1(O)C(C)C[C@H]2[C@@H]3CCC4=CC(=O)C=C[C@]4(C)[C@@]3(F)C(=O)C[C@@]21C. The molecule has 0 spiro atoms. The number of allylic oxidation sites excluding steroid dienone is 4. The molecular formula is C24H29FO6. The van der Waals surface area contributed by atoms with Crippen LogP contribution in [0.3, 0.4) is 0 Å². The summed E-state index contributed by atoms with van der Waals surface area (Å²) in [4.78, 5) is 49.6. The molecule has 0 aromatic rings. The number of hydrogen-bond donors (Lipinski definition) is 1. The van der Waals surface area contributed by atoms with Gasteiger partial charge >= 0.3 is 5.97 Å². The molecule has 1 N–H and O–H groups in total. The topological polar surface area (TPSA) is 97.7 Å². The second-order valence-electron chi connectivity index (χ2n) is 10.2. The first-order valence-electron chi connectivity index (χ1n) is 10.9.